The Balaban J connectivity index is 1.53. The van der Waals surface area contributed by atoms with Gasteiger partial charge in [-0.05, 0) is 67.2 Å². The molecule has 1 aliphatic heterocycles. The molecular weight excluding hydrogens is 571 g/mol. The van der Waals surface area contributed by atoms with Crippen LogP contribution in [0.25, 0.3) is 0 Å². The maximum Gasteiger partial charge on any atom is 0.416 e. The van der Waals surface area contributed by atoms with Crippen molar-refractivity contribution < 1.29 is 22.8 Å². The summed E-state index contributed by atoms with van der Waals surface area (Å²) in [6, 6.07) is 10.6. The molecule has 0 radical (unpaired) electrons. The third-order valence-corrected chi connectivity index (χ3v) is 8.88. The maximum absolute atomic E-state index is 14.0. The number of nitrogens with one attached hydrogen (secondary N) is 4. The number of rotatable bonds is 10. The quantitative estimate of drug-likeness (QED) is 0.175. The topological polar surface area (TPSA) is 161 Å². The van der Waals surface area contributed by atoms with Crippen molar-refractivity contribution in [2.75, 3.05) is 19.6 Å². The first-order valence-electron chi connectivity index (χ1n) is 15.2. The monoisotopic (exact) mass is 613 g/mol. The highest BCUT2D eigenvalue weighted by Crippen LogP contribution is 2.32. The third-order valence-electron chi connectivity index (χ3n) is 8.88. The Bertz CT molecular complexity index is 1300. The van der Waals surface area contributed by atoms with Crippen LogP contribution in [0.5, 0.6) is 0 Å². The molecule has 2 aliphatic rings. The predicted octanol–water partition coefficient (Wildman–Crippen LogP) is 4.10. The van der Waals surface area contributed by atoms with E-state index in [2.05, 4.69) is 10.6 Å². The van der Waals surface area contributed by atoms with Crippen LogP contribution < -0.4 is 22.1 Å². The van der Waals surface area contributed by atoms with Crippen molar-refractivity contribution in [1.29, 1.82) is 10.8 Å². The molecule has 1 heterocycles. The van der Waals surface area contributed by atoms with E-state index in [-0.39, 0.29) is 36.0 Å². The van der Waals surface area contributed by atoms with Crippen molar-refractivity contribution in [3.05, 3.63) is 70.8 Å². The minimum absolute atomic E-state index is 0.0460. The zero-order valence-corrected chi connectivity index (χ0v) is 24.8. The molecule has 0 aromatic heterocycles. The van der Waals surface area contributed by atoms with E-state index >= 15 is 0 Å². The SMILES string of the molecule is N=C(N)c1ccc(CC(C(=O)N[C@H](C(=O)NCC2CCN(C(=N)N)CC2)C2CCCCC2)c2ccc(C(F)(F)F)cc2)cc1. The van der Waals surface area contributed by atoms with Crippen molar-refractivity contribution in [3.8, 4) is 0 Å². The van der Waals surface area contributed by atoms with E-state index in [1.807, 2.05) is 0 Å². The molecule has 0 bridgehead atoms. The first-order valence-corrected chi connectivity index (χ1v) is 15.2. The van der Waals surface area contributed by atoms with Crippen LogP contribution in [0.3, 0.4) is 0 Å². The lowest BCUT2D eigenvalue weighted by Gasteiger charge is -2.34. The summed E-state index contributed by atoms with van der Waals surface area (Å²) in [6.07, 6.45) is 1.83. The third kappa shape index (κ3) is 8.73. The summed E-state index contributed by atoms with van der Waals surface area (Å²) in [5.41, 5.74) is 12.0. The summed E-state index contributed by atoms with van der Waals surface area (Å²) in [4.78, 5) is 29.4. The molecule has 4 rings (SSSR count). The number of nitrogen functional groups attached to an aromatic ring is 1. The van der Waals surface area contributed by atoms with Crippen molar-refractivity contribution >= 4 is 23.6 Å². The number of carbonyl (C=O) groups is 2. The molecular formula is C32H42F3N7O2. The first-order chi connectivity index (χ1) is 20.9. The minimum Gasteiger partial charge on any atom is -0.384 e. The second kappa shape index (κ2) is 14.6. The Kier molecular flexibility index (Phi) is 10.9. The second-order valence-electron chi connectivity index (χ2n) is 11.9. The number of likely N-dealkylation sites (tertiary alicyclic amines) is 1. The van der Waals surface area contributed by atoms with Gasteiger partial charge >= 0.3 is 6.18 Å². The summed E-state index contributed by atoms with van der Waals surface area (Å²) in [5.74, 6) is -1.40. The lowest BCUT2D eigenvalue weighted by Crippen LogP contribution is -2.53. The Hall–Kier alpha value is -4.09. The molecule has 2 aromatic rings. The number of nitrogens with zero attached hydrogens (tertiary/aromatic N) is 1. The molecule has 12 heteroatoms. The van der Waals surface area contributed by atoms with E-state index in [4.69, 9.17) is 22.3 Å². The van der Waals surface area contributed by atoms with Crippen LogP contribution in [-0.2, 0) is 22.2 Å². The molecule has 2 amide bonds. The van der Waals surface area contributed by atoms with E-state index in [0.717, 1.165) is 62.6 Å². The molecule has 44 heavy (non-hydrogen) atoms. The summed E-state index contributed by atoms with van der Waals surface area (Å²) < 4.78 is 39.9. The van der Waals surface area contributed by atoms with Gasteiger partial charge in [-0.25, -0.2) is 0 Å². The Morgan fingerprint density at radius 3 is 2.05 bits per heavy atom. The summed E-state index contributed by atoms with van der Waals surface area (Å²) in [5, 5.41) is 21.3. The largest absolute Gasteiger partial charge is 0.416 e. The lowest BCUT2D eigenvalue weighted by molar-refractivity contribution is -0.137. The van der Waals surface area contributed by atoms with Crippen LogP contribution >= 0.6 is 0 Å². The molecule has 9 nitrogen and oxygen atoms in total. The van der Waals surface area contributed by atoms with Crippen LogP contribution in [0.4, 0.5) is 13.2 Å². The molecule has 238 valence electrons. The maximum atomic E-state index is 14.0. The number of nitrogens with two attached hydrogens (primary N) is 2. The molecule has 2 aromatic carbocycles. The molecule has 2 fully saturated rings. The number of carbonyl (C=O) groups excluding carboxylic acids is 2. The fourth-order valence-electron chi connectivity index (χ4n) is 6.17. The van der Waals surface area contributed by atoms with Gasteiger partial charge in [0.2, 0.25) is 11.8 Å². The zero-order valence-electron chi connectivity index (χ0n) is 24.8. The van der Waals surface area contributed by atoms with E-state index in [9.17, 15) is 22.8 Å². The number of amides is 2. The number of hydrogen-bond acceptors (Lipinski definition) is 4. The van der Waals surface area contributed by atoms with Gasteiger partial charge in [-0.1, -0.05) is 55.7 Å². The Morgan fingerprint density at radius 2 is 1.50 bits per heavy atom. The predicted molar refractivity (Wildman–Crippen MR) is 163 cm³/mol. The smallest absolute Gasteiger partial charge is 0.384 e. The fourth-order valence-corrected chi connectivity index (χ4v) is 6.17. The van der Waals surface area contributed by atoms with Gasteiger partial charge in [0.15, 0.2) is 5.96 Å². The van der Waals surface area contributed by atoms with Crippen molar-refractivity contribution in [2.24, 2.45) is 23.3 Å². The van der Waals surface area contributed by atoms with Gasteiger partial charge in [-0.3, -0.25) is 20.4 Å². The van der Waals surface area contributed by atoms with E-state index in [0.29, 0.717) is 30.8 Å². The number of benzene rings is 2. The summed E-state index contributed by atoms with van der Waals surface area (Å²) >= 11 is 0. The number of halogens is 3. The average molecular weight is 614 g/mol. The van der Waals surface area contributed by atoms with Crippen LogP contribution in [0.2, 0.25) is 0 Å². The van der Waals surface area contributed by atoms with Gasteiger partial charge in [0.25, 0.3) is 0 Å². The Morgan fingerprint density at radius 1 is 0.886 bits per heavy atom. The molecule has 1 unspecified atom stereocenters. The second-order valence-corrected chi connectivity index (χ2v) is 11.9. The summed E-state index contributed by atoms with van der Waals surface area (Å²) in [7, 11) is 0. The highest BCUT2D eigenvalue weighted by atomic mass is 19.4. The van der Waals surface area contributed by atoms with Gasteiger partial charge in [0.1, 0.15) is 11.9 Å². The number of piperidine rings is 1. The normalized spacial score (nSPS) is 17.8. The minimum atomic E-state index is -4.51. The molecule has 1 saturated carbocycles. The van der Waals surface area contributed by atoms with Gasteiger partial charge < -0.3 is 27.0 Å². The molecule has 1 saturated heterocycles. The average Bonchev–Trinajstić information content (AvgIpc) is 3.01. The van der Waals surface area contributed by atoms with Crippen LogP contribution in [0, 0.1) is 22.7 Å². The van der Waals surface area contributed by atoms with Gasteiger partial charge in [0, 0.05) is 25.2 Å². The van der Waals surface area contributed by atoms with Gasteiger partial charge in [-0.15, -0.1) is 0 Å². The molecule has 2 atom stereocenters. The number of hydrogen-bond donors (Lipinski definition) is 6. The van der Waals surface area contributed by atoms with E-state index in [1.54, 1.807) is 29.2 Å². The van der Waals surface area contributed by atoms with Crippen molar-refractivity contribution in [2.45, 2.75) is 69.5 Å². The zero-order chi connectivity index (χ0) is 31.9. The molecule has 0 spiro atoms. The van der Waals surface area contributed by atoms with Crippen molar-refractivity contribution in [1.82, 2.24) is 15.5 Å². The first kappa shape index (κ1) is 32.8. The van der Waals surface area contributed by atoms with Crippen LogP contribution in [0.15, 0.2) is 48.5 Å². The number of alkyl halides is 3. The highest BCUT2D eigenvalue weighted by molar-refractivity contribution is 5.95. The number of guanidine groups is 1. The van der Waals surface area contributed by atoms with Gasteiger partial charge in [0.05, 0.1) is 11.5 Å². The standard InChI is InChI=1S/C32H42F3N7O2/c33-32(34,35)25-12-10-22(11-13-25)26(18-20-6-8-24(9-7-20)28(36)37)29(43)41-27(23-4-2-1-3-5-23)30(44)40-19-21-14-16-42(17-15-21)31(38)39/h6-13,21,23,26-27H,1-5,14-19H2,(H3,36,37)(H3,38,39)(H,40,44)(H,41,43)/t26?,27-/m0/s1. The fraction of sp³-hybridized carbons (Fsp3) is 0.500. The van der Waals surface area contributed by atoms with Crippen LogP contribution in [-0.4, -0.2) is 54.2 Å². The Labute approximate surface area is 256 Å². The van der Waals surface area contributed by atoms with Crippen molar-refractivity contribution in [3.63, 3.8) is 0 Å². The highest BCUT2D eigenvalue weighted by Gasteiger charge is 2.35. The van der Waals surface area contributed by atoms with Gasteiger partial charge in [-0.2, -0.15) is 13.2 Å². The van der Waals surface area contributed by atoms with E-state index < -0.39 is 29.6 Å². The summed E-state index contributed by atoms with van der Waals surface area (Å²) in [6.45, 7) is 1.76. The lowest BCUT2D eigenvalue weighted by atomic mass is 9.82. The van der Waals surface area contributed by atoms with E-state index in [1.165, 1.54) is 12.1 Å². The van der Waals surface area contributed by atoms with Crippen LogP contribution in [0.1, 0.15) is 73.1 Å². The molecule has 8 N–H and O–H groups in total. The number of amidine groups is 1. The molecule has 1 aliphatic carbocycles.